The van der Waals surface area contributed by atoms with Crippen molar-refractivity contribution in [3.05, 3.63) is 168 Å². The highest BCUT2D eigenvalue weighted by atomic mass is 32.1. The Balaban J connectivity index is 1.52. The van der Waals surface area contributed by atoms with Crippen LogP contribution < -0.4 is 10.2 Å². The van der Waals surface area contributed by atoms with Crippen molar-refractivity contribution in [1.29, 1.82) is 0 Å². The van der Waals surface area contributed by atoms with Gasteiger partial charge in [0.25, 0.3) is 0 Å². The van der Waals surface area contributed by atoms with Crippen molar-refractivity contribution < 1.29 is 0 Å². The molecule has 0 saturated carbocycles. The molecule has 6 aromatic rings. The molecule has 0 saturated heterocycles. The lowest BCUT2D eigenvalue weighted by Crippen LogP contribution is -2.21. The van der Waals surface area contributed by atoms with Gasteiger partial charge in [0, 0.05) is 29.0 Å². The van der Waals surface area contributed by atoms with Crippen molar-refractivity contribution in [2.24, 2.45) is 0 Å². The Kier molecular flexibility index (Phi) is 6.64. The topological polar surface area (TPSA) is 15.3 Å². The first-order chi connectivity index (χ1) is 20.2. The monoisotopic (exact) mass is 544 g/mol. The van der Waals surface area contributed by atoms with E-state index in [4.69, 9.17) is 12.2 Å². The molecule has 0 bridgehead atoms. The molecule has 41 heavy (non-hydrogen) atoms. The van der Waals surface area contributed by atoms with Gasteiger partial charge in [0.05, 0.1) is 5.69 Å². The summed E-state index contributed by atoms with van der Waals surface area (Å²) in [5, 5.41) is 3.57. The van der Waals surface area contributed by atoms with E-state index in [0.717, 1.165) is 34.7 Å². The third-order valence-electron chi connectivity index (χ3n) is 7.66. The highest BCUT2D eigenvalue weighted by molar-refractivity contribution is 7.81. The van der Waals surface area contributed by atoms with Gasteiger partial charge in [0.2, 0.25) is 0 Å². The van der Waals surface area contributed by atoms with Crippen LogP contribution in [0, 0.1) is 0 Å². The number of benzene rings is 6. The first kappa shape index (κ1) is 25.0. The normalized spacial score (nSPS) is 12.5. The van der Waals surface area contributed by atoms with Gasteiger partial charge in [-0.1, -0.05) is 121 Å². The van der Waals surface area contributed by atoms with Gasteiger partial charge in [-0.25, -0.2) is 0 Å². The molecule has 196 valence electrons. The Morgan fingerprint density at radius 1 is 0.488 bits per heavy atom. The molecule has 1 N–H and O–H groups in total. The van der Waals surface area contributed by atoms with Gasteiger partial charge in [-0.2, -0.15) is 0 Å². The maximum atomic E-state index is 6.06. The predicted molar refractivity (Wildman–Crippen MR) is 177 cm³/mol. The molecule has 0 aromatic heterocycles. The SMILES string of the molecule is S=C1Nc2ccccc2Cc2ccccc2N(c2cc(-c3ccccc3)cc(-c3ccccc3)c2)c2ccccc21. The molecule has 6 aromatic carbocycles. The Bertz CT molecular complexity index is 1800. The van der Waals surface area contributed by atoms with Crippen molar-refractivity contribution >= 4 is 40.0 Å². The van der Waals surface area contributed by atoms with Crippen LogP contribution in [-0.4, -0.2) is 4.99 Å². The molecule has 0 unspecified atom stereocenters. The lowest BCUT2D eigenvalue weighted by atomic mass is 9.95. The van der Waals surface area contributed by atoms with Crippen LogP contribution in [0.15, 0.2) is 152 Å². The van der Waals surface area contributed by atoms with E-state index in [0.29, 0.717) is 4.99 Å². The molecule has 0 aliphatic carbocycles. The number of thiocarbonyl (C=S) groups is 1. The van der Waals surface area contributed by atoms with Crippen LogP contribution in [0.2, 0.25) is 0 Å². The van der Waals surface area contributed by atoms with E-state index in [1.807, 2.05) is 0 Å². The summed E-state index contributed by atoms with van der Waals surface area (Å²) in [7, 11) is 0. The third kappa shape index (κ3) is 4.93. The van der Waals surface area contributed by atoms with Gasteiger partial charge in [0.1, 0.15) is 4.99 Å². The summed E-state index contributed by atoms with van der Waals surface area (Å²) in [6, 6.07) is 53.7. The van der Waals surface area contributed by atoms with Crippen LogP contribution in [0.4, 0.5) is 22.7 Å². The van der Waals surface area contributed by atoms with Crippen LogP contribution in [0.1, 0.15) is 16.7 Å². The van der Waals surface area contributed by atoms with Crippen molar-refractivity contribution in [1.82, 2.24) is 0 Å². The zero-order valence-electron chi connectivity index (χ0n) is 22.5. The number of anilines is 4. The molecule has 0 fully saturated rings. The van der Waals surface area contributed by atoms with Crippen LogP contribution in [0.5, 0.6) is 0 Å². The van der Waals surface area contributed by atoms with E-state index in [-0.39, 0.29) is 0 Å². The van der Waals surface area contributed by atoms with Crippen molar-refractivity contribution in [2.45, 2.75) is 6.42 Å². The molecule has 0 spiro atoms. The fourth-order valence-corrected chi connectivity index (χ4v) is 5.96. The average Bonchev–Trinajstić information content (AvgIpc) is 3.03. The zero-order chi connectivity index (χ0) is 27.6. The lowest BCUT2D eigenvalue weighted by molar-refractivity contribution is 1.15. The molecule has 1 heterocycles. The molecule has 2 nitrogen and oxygen atoms in total. The minimum Gasteiger partial charge on any atom is -0.346 e. The van der Waals surface area contributed by atoms with Crippen molar-refractivity contribution in [3.63, 3.8) is 0 Å². The number of rotatable bonds is 3. The second-order valence-corrected chi connectivity index (χ2v) is 10.7. The van der Waals surface area contributed by atoms with Crippen molar-refractivity contribution in [2.75, 3.05) is 10.2 Å². The summed E-state index contributed by atoms with van der Waals surface area (Å²) in [6.45, 7) is 0. The molecule has 1 aliphatic rings. The number of nitrogens with one attached hydrogen (secondary N) is 1. The summed E-state index contributed by atoms with van der Waals surface area (Å²) >= 11 is 6.06. The number of hydrogen-bond donors (Lipinski definition) is 1. The van der Waals surface area contributed by atoms with E-state index < -0.39 is 0 Å². The maximum Gasteiger partial charge on any atom is 0.113 e. The van der Waals surface area contributed by atoms with Gasteiger partial charge in [-0.05, 0) is 75.8 Å². The number of para-hydroxylation sites is 3. The Morgan fingerprint density at radius 2 is 1.02 bits per heavy atom. The Labute approximate surface area is 246 Å². The largest absolute Gasteiger partial charge is 0.346 e. The molecule has 0 atom stereocenters. The van der Waals surface area contributed by atoms with Crippen LogP contribution in [0.25, 0.3) is 22.3 Å². The summed E-state index contributed by atoms with van der Waals surface area (Å²) in [5.41, 5.74) is 12.5. The van der Waals surface area contributed by atoms with Gasteiger partial charge in [-0.15, -0.1) is 0 Å². The zero-order valence-corrected chi connectivity index (χ0v) is 23.3. The summed E-state index contributed by atoms with van der Waals surface area (Å²) in [4.78, 5) is 3.09. The minimum atomic E-state index is 0.708. The number of nitrogens with zero attached hydrogens (tertiary/aromatic N) is 1. The third-order valence-corrected chi connectivity index (χ3v) is 7.98. The summed E-state index contributed by atoms with van der Waals surface area (Å²) < 4.78 is 0. The van der Waals surface area contributed by atoms with E-state index in [2.05, 4.69) is 162 Å². The lowest BCUT2D eigenvalue weighted by Gasteiger charge is -2.32. The smallest absolute Gasteiger partial charge is 0.113 e. The highest BCUT2D eigenvalue weighted by Crippen LogP contribution is 2.43. The van der Waals surface area contributed by atoms with Gasteiger partial charge >= 0.3 is 0 Å². The highest BCUT2D eigenvalue weighted by Gasteiger charge is 2.23. The second kappa shape index (κ2) is 10.9. The summed E-state index contributed by atoms with van der Waals surface area (Å²) in [6.07, 6.45) is 0.782. The standard InChI is InChI=1S/C38H28N2S/c41-38-34-19-9-12-22-37(34)40(36-21-11-8-18-30(36)23-29-17-7-10-20-35(29)39-38)33-25-31(27-13-3-1-4-14-27)24-32(26-33)28-15-5-2-6-16-28/h1-22,24-26H,23H2,(H,39,41). The maximum absolute atomic E-state index is 6.06. The van der Waals surface area contributed by atoms with Crippen LogP contribution in [0.3, 0.4) is 0 Å². The van der Waals surface area contributed by atoms with E-state index in [9.17, 15) is 0 Å². The fraction of sp³-hybridized carbons (Fsp3) is 0.0263. The molecular weight excluding hydrogens is 516 g/mol. The Morgan fingerprint density at radius 3 is 1.71 bits per heavy atom. The van der Waals surface area contributed by atoms with Crippen molar-refractivity contribution in [3.8, 4) is 22.3 Å². The molecule has 0 amide bonds. The van der Waals surface area contributed by atoms with Gasteiger partial charge in [-0.3, -0.25) is 0 Å². The predicted octanol–water partition coefficient (Wildman–Crippen LogP) is 10.2. The van der Waals surface area contributed by atoms with E-state index in [1.54, 1.807) is 0 Å². The van der Waals surface area contributed by atoms with Gasteiger partial charge < -0.3 is 10.2 Å². The first-order valence-electron chi connectivity index (χ1n) is 13.9. The summed E-state index contributed by atoms with van der Waals surface area (Å²) in [5.74, 6) is 0. The van der Waals surface area contributed by atoms with Gasteiger partial charge in [0.15, 0.2) is 0 Å². The molecule has 7 rings (SSSR count). The molecule has 3 heteroatoms. The number of hydrogen-bond acceptors (Lipinski definition) is 2. The molecular formula is C38H28N2S. The Hall–Kier alpha value is -4.99. The number of fused-ring (bicyclic) bond motifs is 3. The fourth-order valence-electron chi connectivity index (χ4n) is 5.67. The average molecular weight is 545 g/mol. The quantitative estimate of drug-likeness (QED) is 0.223. The van der Waals surface area contributed by atoms with E-state index >= 15 is 0 Å². The van der Waals surface area contributed by atoms with Crippen LogP contribution >= 0.6 is 12.2 Å². The first-order valence-corrected chi connectivity index (χ1v) is 14.3. The van der Waals surface area contributed by atoms with Crippen LogP contribution in [-0.2, 0) is 6.42 Å². The van der Waals surface area contributed by atoms with E-state index in [1.165, 1.54) is 33.4 Å². The minimum absolute atomic E-state index is 0.708. The molecule has 0 radical (unpaired) electrons. The molecule has 1 aliphatic heterocycles. The second-order valence-electron chi connectivity index (χ2n) is 10.3.